The second kappa shape index (κ2) is 6.55. The van der Waals surface area contributed by atoms with Gasteiger partial charge < -0.3 is 0 Å². The van der Waals surface area contributed by atoms with Crippen LogP contribution in [0.25, 0.3) is 0 Å². The van der Waals surface area contributed by atoms with Crippen molar-refractivity contribution in [1.82, 2.24) is 0 Å². The van der Waals surface area contributed by atoms with E-state index >= 15 is 0 Å². The van der Waals surface area contributed by atoms with Gasteiger partial charge in [-0.3, -0.25) is 0 Å². The molecule has 0 saturated heterocycles. The molecule has 90 valence electrons. The highest BCUT2D eigenvalue weighted by Gasteiger charge is 2.27. The van der Waals surface area contributed by atoms with Gasteiger partial charge in [0.15, 0.2) is 0 Å². The summed E-state index contributed by atoms with van der Waals surface area (Å²) in [4.78, 5) is 0. The van der Waals surface area contributed by atoms with E-state index in [-0.39, 0.29) is 0 Å². The quantitative estimate of drug-likeness (QED) is 0.536. The highest BCUT2D eigenvalue weighted by atomic mass is 14.3. The Labute approximate surface area is 96.8 Å². The molecule has 0 unspecified atom stereocenters. The molecule has 1 aliphatic rings. The molecule has 0 heterocycles. The lowest BCUT2D eigenvalue weighted by Gasteiger charge is -2.35. The number of rotatable bonds is 7. The largest absolute Gasteiger partial charge is 0.0628 e. The zero-order chi connectivity index (χ0) is 11.3. The summed E-state index contributed by atoms with van der Waals surface area (Å²) in [5, 5.41) is 0. The maximum Gasteiger partial charge on any atom is -0.0383 e. The topological polar surface area (TPSA) is 0 Å². The molecule has 15 heavy (non-hydrogen) atoms. The van der Waals surface area contributed by atoms with Crippen LogP contribution in [0.1, 0.15) is 72.6 Å². The third-order valence-electron chi connectivity index (χ3n) is 3.95. The lowest BCUT2D eigenvalue weighted by molar-refractivity contribution is 0.166. The maximum atomic E-state index is 2.38. The Balaban J connectivity index is 2.22. The van der Waals surface area contributed by atoms with E-state index in [2.05, 4.69) is 27.7 Å². The molecule has 1 saturated carbocycles. The van der Waals surface area contributed by atoms with Crippen LogP contribution in [0.4, 0.5) is 0 Å². The van der Waals surface area contributed by atoms with E-state index in [0.717, 1.165) is 23.7 Å². The first-order valence-corrected chi connectivity index (χ1v) is 7.09. The summed E-state index contributed by atoms with van der Waals surface area (Å²) in [6, 6.07) is 0. The van der Waals surface area contributed by atoms with E-state index < -0.39 is 0 Å². The maximum absolute atomic E-state index is 2.38. The molecule has 1 aliphatic carbocycles. The van der Waals surface area contributed by atoms with Crippen LogP contribution in [0.2, 0.25) is 0 Å². The highest BCUT2D eigenvalue weighted by Crippen LogP contribution is 2.39. The van der Waals surface area contributed by atoms with Crippen molar-refractivity contribution >= 4 is 0 Å². The Morgan fingerprint density at radius 3 is 2.00 bits per heavy atom. The van der Waals surface area contributed by atoms with Gasteiger partial charge in [-0.15, -0.1) is 0 Å². The Kier molecular flexibility index (Phi) is 5.71. The molecule has 0 aromatic carbocycles. The van der Waals surface area contributed by atoms with Crippen LogP contribution in [0.3, 0.4) is 0 Å². The average Bonchev–Trinajstić information content (AvgIpc) is 1.98. The van der Waals surface area contributed by atoms with Gasteiger partial charge in [-0.05, 0) is 30.1 Å². The summed E-state index contributed by atoms with van der Waals surface area (Å²) in [6.45, 7) is 9.46. The van der Waals surface area contributed by atoms with E-state index in [4.69, 9.17) is 0 Å². The predicted molar refractivity (Wildman–Crippen MR) is 69.0 cm³/mol. The summed E-state index contributed by atoms with van der Waals surface area (Å²) in [6.07, 6.45) is 10.4. The summed E-state index contributed by atoms with van der Waals surface area (Å²) < 4.78 is 0. The van der Waals surface area contributed by atoms with Gasteiger partial charge in [-0.2, -0.15) is 0 Å². The summed E-state index contributed by atoms with van der Waals surface area (Å²) in [5.41, 5.74) is 0. The van der Waals surface area contributed by atoms with Crippen molar-refractivity contribution in [3.05, 3.63) is 0 Å². The van der Waals surface area contributed by atoms with Crippen LogP contribution in [-0.2, 0) is 0 Å². The third-order valence-corrected chi connectivity index (χ3v) is 3.95. The van der Waals surface area contributed by atoms with Gasteiger partial charge in [0.25, 0.3) is 0 Å². The SMILES string of the molecule is CC(C)CCC[C@H](CC(C)C)C1CCC1. The normalized spacial score (nSPS) is 19.6. The summed E-state index contributed by atoms with van der Waals surface area (Å²) in [5.74, 6) is 3.94. The Bertz CT molecular complexity index is 153. The first-order chi connectivity index (χ1) is 7.09. The van der Waals surface area contributed by atoms with Crippen LogP contribution < -0.4 is 0 Å². The van der Waals surface area contributed by atoms with E-state index in [1.807, 2.05) is 0 Å². The van der Waals surface area contributed by atoms with Crippen molar-refractivity contribution in [2.24, 2.45) is 23.7 Å². The molecule has 0 bridgehead atoms. The molecular weight excluding hydrogens is 180 g/mol. The van der Waals surface area contributed by atoms with Gasteiger partial charge in [0.05, 0.1) is 0 Å². The monoisotopic (exact) mass is 210 g/mol. The fourth-order valence-electron chi connectivity index (χ4n) is 2.85. The van der Waals surface area contributed by atoms with E-state index in [0.29, 0.717) is 0 Å². The van der Waals surface area contributed by atoms with Crippen LogP contribution in [0.15, 0.2) is 0 Å². The molecule has 0 heteroatoms. The Morgan fingerprint density at radius 1 is 0.933 bits per heavy atom. The molecule has 0 aromatic rings. The van der Waals surface area contributed by atoms with E-state index in [9.17, 15) is 0 Å². The first kappa shape index (κ1) is 13.1. The second-order valence-electron chi connectivity index (χ2n) is 6.41. The van der Waals surface area contributed by atoms with Gasteiger partial charge in [0.2, 0.25) is 0 Å². The minimum atomic E-state index is 0.895. The van der Waals surface area contributed by atoms with Crippen LogP contribution in [0, 0.1) is 23.7 Å². The third kappa shape index (κ3) is 5.04. The van der Waals surface area contributed by atoms with Crippen molar-refractivity contribution < 1.29 is 0 Å². The predicted octanol–water partition coefficient (Wildman–Crippen LogP) is 5.28. The van der Waals surface area contributed by atoms with Gasteiger partial charge >= 0.3 is 0 Å². The lowest BCUT2D eigenvalue weighted by atomic mass is 9.71. The molecule has 0 amide bonds. The van der Waals surface area contributed by atoms with E-state index in [1.165, 1.54) is 44.9 Å². The standard InChI is InChI=1S/C15H30/c1-12(2)7-5-10-15(11-13(3)4)14-8-6-9-14/h12-15H,5-11H2,1-4H3/t15-/m1/s1. The molecular formula is C15H30. The van der Waals surface area contributed by atoms with Gasteiger partial charge in [0.1, 0.15) is 0 Å². The summed E-state index contributed by atoms with van der Waals surface area (Å²) >= 11 is 0. The van der Waals surface area contributed by atoms with Crippen molar-refractivity contribution in [3.63, 3.8) is 0 Å². The molecule has 0 N–H and O–H groups in total. The fraction of sp³-hybridized carbons (Fsp3) is 1.00. The number of hydrogen-bond acceptors (Lipinski definition) is 0. The zero-order valence-corrected chi connectivity index (χ0v) is 11.3. The Hall–Kier alpha value is 0. The van der Waals surface area contributed by atoms with Crippen molar-refractivity contribution in [1.29, 1.82) is 0 Å². The van der Waals surface area contributed by atoms with Crippen LogP contribution in [0.5, 0.6) is 0 Å². The van der Waals surface area contributed by atoms with Crippen molar-refractivity contribution in [3.8, 4) is 0 Å². The van der Waals surface area contributed by atoms with Crippen molar-refractivity contribution in [2.45, 2.75) is 72.6 Å². The zero-order valence-electron chi connectivity index (χ0n) is 11.3. The molecule has 0 aromatic heterocycles. The molecule has 1 atom stereocenters. The fourth-order valence-corrected chi connectivity index (χ4v) is 2.85. The van der Waals surface area contributed by atoms with Gasteiger partial charge in [-0.1, -0.05) is 66.2 Å². The Morgan fingerprint density at radius 2 is 1.60 bits per heavy atom. The van der Waals surface area contributed by atoms with Crippen LogP contribution in [-0.4, -0.2) is 0 Å². The number of hydrogen-bond donors (Lipinski definition) is 0. The molecule has 0 nitrogen and oxygen atoms in total. The minimum Gasteiger partial charge on any atom is -0.0628 e. The lowest BCUT2D eigenvalue weighted by Crippen LogP contribution is -2.23. The molecule has 1 rings (SSSR count). The van der Waals surface area contributed by atoms with Gasteiger partial charge in [0, 0.05) is 0 Å². The summed E-state index contributed by atoms with van der Waals surface area (Å²) in [7, 11) is 0. The molecule has 0 spiro atoms. The smallest absolute Gasteiger partial charge is 0.0383 e. The highest BCUT2D eigenvalue weighted by molar-refractivity contribution is 4.78. The minimum absolute atomic E-state index is 0.895. The molecule has 0 aliphatic heterocycles. The average molecular weight is 210 g/mol. The van der Waals surface area contributed by atoms with Crippen molar-refractivity contribution in [2.75, 3.05) is 0 Å². The molecule has 1 fully saturated rings. The first-order valence-electron chi connectivity index (χ1n) is 7.09. The van der Waals surface area contributed by atoms with Crippen LogP contribution >= 0.6 is 0 Å². The molecule has 0 radical (unpaired) electrons. The van der Waals surface area contributed by atoms with Gasteiger partial charge in [-0.25, -0.2) is 0 Å². The second-order valence-corrected chi connectivity index (χ2v) is 6.41. The van der Waals surface area contributed by atoms with E-state index in [1.54, 1.807) is 0 Å².